The molecule has 1 aliphatic heterocycles. The molecule has 12 heavy (non-hydrogen) atoms. The second kappa shape index (κ2) is 4.14. The van der Waals surface area contributed by atoms with Gasteiger partial charge in [-0.15, -0.1) is 0 Å². The summed E-state index contributed by atoms with van der Waals surface area (Å²) in [6.45, 7) is 2.57. The Morgan fingerprint density at radius 1 is 1.83 bits per heavy atom. The minimum absolute atomic E-state index is 0.0358. The van der Waals surface area contributed by atoms with Crippen LogP contribution in [0.3, 0.4) is 0 Å². The molecule has 0 aromatic heterocycles. The Balaban J connectivity index is 2.29. The van der Waals surface area contributed by atoms with Gasteiger partial charge in [0.2, 0.25) is 0 Å². The molecular weight excluding hydrogens is 156 g/mol. The van der Waals surface area contributed by atoms with Crippen molar-refractivity contribution in [3.8, 4) is 0 Å². The Labute approximate surface area is 72.4 Å². The minimum atomic E-state index is -0.143. The van der Waals surface area contributed by atoms with Crippen molar-refractivity contribution >= 4 is 5.97 Å². The quantitative estimate of drug-likeness (QED) is 0.600. The molecule has 0 aliphatic carbocycles. The number of esters is 1. The van der Waals surface area contributed by atoms with Gasteiger partial charge in [-0.3, -0.25) is 4.79 Å². The smallest absolute Gasteiger partial charge is 0.308 e. The zero-order chi connectivity index (χ0) is 8.97. The SMILES string of the molecule is COC(=O)C(C)CC1C=COC1. The summed E-state index contributed by atoms with van der Waals surface area (Å²) in [5.74, 6) is 0.195. The van der Waals surface area contributed by atoms with Gasteiger partial charge in [0.05, 0.1) is 25.9 Å². The van der Waals surface area contributed by atoms with Crippen LogP contribution in [0.4, 0.5) is 0 Å². The van der Waals surface area contributed by atoms with E-state index in [2.05, 4.69) is 4.74 Å². The molecule has 2 atom stereocenters. The van der Waals surface area contributed by atoms with E-state index >= 15 is 0 Å². The van der Waals surface area contributed by atoms with Crippen molar-refractivity contribution < 1.29 is 14.3 Å². The van der Waals surface area contributed by atoms with Gasteiger partial charge in [0, 0.05) is 5.92 Å². The summed E-state index contributed by atoms with van der Waals surface area (Å²) in [6.07, 6.45) is 4.48. The average molecular weight is 170 g/mol. The number of hydrogen-bond donors (Lipinski definition) is 0. The second-order valence-corrected chi connectivity index (χ2v) is 3.08. The minimum Gasteiger partial charge on any atom is -0.501 e. The van der Waals surface area contributed by atoms with Crippen LogP contribution in [0.1, 0.15) is 13.3 Å². The molecule has 3 nitrogen and oxygen atoms in total. The zero-order valence-electron chi connectivity index (χ0n) is 7.45. The monoisotopic (exact) mass is 170 g/mol. The summed E-state index contributed by atoms with van der Waals surface area (Å²) in [5.41, 5.74) is 0. The Kier molecular flexibility index (Phi) is 3.14. The first-order valence-corrected chi connectivity index (χ1v) is 4.10. The van der Waals surface area contributed by atoms with E-state index in [-0.39, 0.29) is 11.9 Å². The van der Waals surface area contributed by atoms with Gasteiger partial charge in [-0.25, -0.2) is 0 Å². The van der Waals surface area contributed by atoms with E-state index in [1.54, 1.807) is 6.26 Å². The highest BCUT2D eigenvalue weighted by Crippen LogP contribution is 2.18. The lowest BCUT2D eigenvalue weighted by atomic mass is 9.97. The lowest BCUT2D eigenvalue weighted by molar-refractivity contribution is -0.145. The summed E-state index contributed by atoms with van der Waals surface area (Å²) in [5, 5.41) is 0. The van der Waals surface area contributed by atoms with Crippen LogP contribution >= 0.6 is 0 Å². The van der Waals surface area contributed by atoms with Crippen molar-refractivity contribution in [1.82, 2.24) is 0 Å². The zero-order valence-corrected chi connectivity index (χ0v) is 7.45. The highest BCUT2D eigenvalue weighted by atomic mass is 16.5. The van der Waals surface area contributed by atoms with Crippen LogP contribution in [-0.2, 0) is 14.3 Å². The normalized spacial score (nSPS) is 23.3. The number of carbonyl (C=O) groups is 1. The van der Waals surface area contributed by atoms with E-state index in [1.165, 1.54) is 7.11 Å². The van der Waals surface area contributed by atoms with Crippen molar-refractivity contribution in [3.05, 3.63) is 12.3 Å². The average Bonchev–Trinajstić information content (AvgIpc) is 2.55. The Bertz CT molecular complexity index is 186. The fourth-order valence-electron chi connectivity index (χ4n) is 1.30. The molecule has 0 saturated heterocycles. The molecule has 1 heterocycles. The van der Waals surface area contributed by atoms with E-state index in [0.717, 1.165) is 6.42 Å². The Morgan fingerprint density at radius 2 is 2.58 bits per heavy atom. The molecule has 2 unspecified atom stereocenters. The van der Waals surface area contributed by atoms with Crippen molar-refractivity contribution in [2.45, 2.75) is 13.3 Å². The first-order chi connectivity index (χ1) is 5.74. The predicted molar refractivity (Wildman–Crippen MR) is 44.4 cm³/mol. The molecule has 3 heteroatoms. The molecule has 0 amide bonds. The number of carbonyl (C=O) groups excluding carboxylic acids is 1. The summed E-state index contributed by atoms with van der Waals surface area (Å²) >= 11 is 0. The third-order valence-corrected chi connectivity index (χ3v) is 2.02. The van der Waals surface area contributed by atoms with Crippen molar-refractivity contribution in [1.29, 1.82) is 0 Å². The molecule has 0 aromatic rings. The van der Waals surface area contributed by atoms with E-state index < -0.39 is 0 Å². The van der Waals surface area contributed by atoms with Crippen molar-refractivity contribution in [2.75, 3.05) is 13.7 Å². The van der Waals surface area contributed by atoms with Crippen LogP contribution in [0.15, 0.2) is 12.3 Å². The molecule has 1 rings (SSSR count). The van der Waals surface area contributed by atoms with Gasteiger partial charge in [-0.05, 0) is 12.5 Å². The van der Waals surface area contributed by atoms with Crippen molar-refractivity contribution in [3.63, 3.8) is 0 Å². The molecular formula is C9H14O3. The maximum Gasteiger partial charge on any atom is 0.308 e. The van der Waals surface area contributed by atoms with Crippen LogP contribution in [0, 0.1) is 11.8 Å². The molecule has 0 N–H and O–H groups in total. The first kappa shape index (κ1) is 9.10. The number of hydrogen-bond acceptors (Lipinski definition) is 3. The van der Waals surface area contributed by atoms with Gasteiger partial charge < -0.3 is 9.47 Å². The highest BCUT2D eigenvalue weighted by molar-refractivity contribution is 5.71. The summed E-state index contributed by atoms with van der Waals surface area (Å²) in [7, 11) is 1.42. The third-order valence-electron chi connectivity index (χ3n) is 2.02. The summed E-state index contributed by atoms with van der Waals surface area (Å²) in [6, 6.07) is 0. The topological polar surface area (TPSA) is 35.5 Å². The third kappa shape index (κ3) is 2.26. The van der Waals surface area contributed by atoms with Gasteiger partial charge in [-0.2, -0.15) is 0 Å². The van der Waals surface area contributed by atoms with Gasteiger partial charge in [0.1, 0.15) is 0 Å². The fourth-order valence-corrected chi connectivity index (χ4v) is 1.30. The summed E-state index contributed by atoms with van der Waals surface area (Å²) < 4.78 is 9.66. The van der Waals surface area contributed by atoms with E-state index in [0.29, 0.717) is 12.5 Å². The largest absolute Gasteiger partial charge is 0.501 e. The van der Waals surface area contributed by atoms with Crippen LogP contribution in [0.25, 0.3) is 0 Å². The second-order valence-electron chi connectivity index (χ2n) is 3.08. The first-order valence-electron chi connectivity index (χ1n) is 4.10. The van der Waals surface area contributed by atoms with E-state index in [4.69, 9.17) is 4.74 Å². The molecule has 0 bridgehead atoms. The summed E-state index contributed by atoms with van der Waals surface area (Å²) in [4.78, 5) is 11.0. The van der Waals surface area contributed by atoms with Gasteiger partial charge in [0.15, 0.2) is 0 Å². The number of rotatable bonds is 3. The molecule has 0 fully saturated rings. The van der Waals surface area contributed by atoms with Crippen molar-refractivity contribution in [2.24, 2.45) is 11.8 Å². The maximum absolute atomic E-state index is 11.0. The standard InChI is InChI=1S/C9H14O3/c1-7(9(10)11-2)5-8-3-4-12-6-8/h3-4,7-8H,5-6H2,1-2H3. The van der Waals surface area contributed by atoms with E-state index in [9.17, 15) is 4.79 Å². The molecule has 0 aromatic carbocycles. The number of ether oxygens (including phenoxy) is 2. The highest BCUT2D eigenvalue weighted by Gasteiger charge is 2.19. The van der Waals surface area contributed by atoms with Crippen LogP contribution < -0.4 is 0 Å². The lowest BCUT2D eigenvalue weighted by Crippen LogP contribution is -2.16. The van der Waals surface area contributed by atoms with Gasteiger partial charge in [0.25, 0.3) is 0 Å². The van der Waals surface area contributed by atoms with Crippen LogP contribution in [-0.4, -0.2) is 19.7 Å². The van der Waals surface area contributed by atoms with Gasteiger partial charge in [-0.1, -0.05) is 6.92 Å². The molecule has 0 spiro atoms. The Hall–Kier alpha value is -0.990. The molecule has 0 saturated carbocycles. The van der Waals surface area contributed by atoms with Crippen LogP contribution in [0.2, 0.25) is 0 Å². The predicted octanol–water partition coefficient (Wildman–Crippen LogP) is 1.35. The van der Waals surface area contributed by atoms with Crippen LogP contribution in [0.5, 0.6) is 0 Å². The fraction of sp³-hybridized carbons (Fsp3) is 0.667. The lowest BCUT2D eigenvalue weighted by Gasteiger charge is -2.11. The molecule has 0 radical (unpaired) electrons. The Morgan fingerprint density at radius 3 is 3.08 bits per heavy atom. The maximum atomic E-state index is 11.0. The van der Waals surface area contributed by atoms with E-state index in [1.807, 2.05) is 13.0 Å². The molecule has 68 valence electrons. The number of methoxy groups -OCH3 is 1. The molecule has 1 aliphatic rings. The van der Waals surface area contributed by atoms with Gasteiger partial charge >= 0.3 is 5.97 Å².